The molecule has 0 saturated heterocycles. The lowest BCUT2D eigenvalue weighted by atomic mass is 10.3. The maximum Gasteiger partial charge on any atom is 0.0853 e. The third-order valence-corrected chi connectivity index (χ3v) is 3.49. The van der Waals surface area contributed by atoms with Crippen molar-refractivity contribution in [2.24, 2.45) is 7.05 Å². The summed E-state index contributed by atoms with van der Waals surface area (Å²) in [5.41, 5.74) is 2.28. The van der Waals surface area contributed by atoms with Gasteiger partial charge in [-0.3, -0.25) is 4.68 Å². The standard InChI is InChI=1S/C12H17N3S/c1-4-11-12(8-15(3)14-11)13-7-10-6-5-9(2)16-10/h5-6,8,13H,4,7H2,1-3H3. The zero-order valence-electron chi connectivity index (χ0n) is 9.95. The Balaban J connectivity index is 2.04. The first-order valence-corrected chi connectivity index (χ1v) is 6.32. The van der Waals surface area contributed by atoms with Crippen molar-refractivity contribution in [3.05, 3.63) is 33.8 Å². The smallest absolute Gasteiger partial charge is 0.0853 e. The van der Waals surface area contributed by atoms with Crippen molar-refractivity contribution in [1.29, 1.82) is 0 Å². The van der Waals surface area contributed by atoms with Crippen LogP contribution in [-0.4, -0.2) is 9.78 Å². The van der Waals surface area contributed by atoms with E-state index in [1.54, 1.807) is 0 Å². The molecule has 0 atom stereocenters. The molecule has 86 valence electrons. The summed E-state index contributed by atoms with van der Waals surface area (Å²) in [7, 11) is 1.96. The van der Waals surface area contributed by atoms with Crippen LogP contribution in [0.2, 0.25) is 0 Å². The summed E-state index contributed by atoms with van der Waals surface area (Å²) in [4.78, 5) is 2.72. The number of rotatable bonds is 4. The van der Waals surface area contributed by atoms with Gasteiger partial charge in [0.15, 0.2) is 0 Å². The lowest BCUT2D eigenvalue weighted by molar-refractivity contribution is 0.746. The monoisotopic (exact) mass is 235 g/mol. The van der Waals surface area contributed by atoms with Gasteiger partial charge in [-0.05, 0) is 25.5 Å². The van der Waals surface area contributed by atoms with Crippen LogP contribution in [0, 0.1) is 6.92 Å². The first-order chi connectivity index (χ1) is 7.69. The van der Waals surface area contributed by atoms with Crippen LogP contribution >= 0.6 is 11.3 Å². The van der Waals surface area contributed by atoms with E-state index in [2.05, 4.69) is 36.4 Å². The average Bonchev–Trinajstić information content (AvgIpc) is 2.81. The van der Waals surface area contributed by atoms with Gasteiger partial charge in [0.1, 0.15) is 0 Å². The molecule has 2 aromatic rings. The molecule has 1 N–H and O–H groups in total. The molecule has 0 aliphatic carbocycles. The summed E-state index contributed by atoms with van der Waals surface area (Å²) in [6.07, 6.45) is 3.01. The van der Waals surface area contributed by atoms with Crippen LogP contribution in [0.4, 0.5) is 5.69 Å². The number of aromatic nitrogens is 2. The lowest BCUT2D eigenvalue weighted by Crippen LogP contribution is -1.98. The number of hydrogen-bond donors (Lipinski definition) is 1. The molecule has 3 nitrogen and oxygen atoms in total. The average molecular weight is 235 g/mol. The third kappa shape index (κ3) is 2.44. The first-order valence-electron chi connectivity index (χ1n) is 5.50. The van der Waals surface area contributed by atoms with Gasteiger partial charge in [-0.15, -0.1) is 11.3 Å². The fourth-order valence-corrected chi connectivity index (χ4v) is 2.54. The van der Waals surface area contributed by atoms with Crippen LogP contribution < -0.4 is 5.32 Å². The van der Waals surface area contributed by atoms with Gasteiger partial charge in [-0.2, -0.15) is 5.10 Å². The maximum absolute atomic E-state index is 4.40. The highest BCUT2D eigenvalue weighted by Crippen LogP contribution is 2.19. The molecule has 2 heterocycles. The molecule has 0 radical (unpaired) electrons. The SMILES string of the molecule is CCc1nn(C)cc1NCc1ccc(C)s1. The van der Waals surface area contributed by atoms with Crippen LogP contribution in [0.15, 0.2) is 18.3 Å². The largest absolute Gasteiger partial charge is 0.377 e. The van der Waals surface area contributed by atoms with Crippen LogP contribution in [0.3, 0.4) is 0 Å². The van der Waals surface area contributed by atoms with Gasteiger partial charge in [-0.25, -0.2) is 0 Å². The van der Waals surface area contributed by atoms with E-state index in [1.165, 1.54) is 9.75 Å². The molecule has 0 aliphatic rings. The van der Waals surface area contributed by atoms with Gasteiger partial charge in [0.05, 0.1) is 11.4 Å². The second-order valence-corrected chi connectivity index (χ2v) is 5.26. The summed E-state index contributed by atoms with van der Waals surface area (Å²) < 4.78 is 1.86. The molecule has 2 rings (SSSR count). The predicted molar refractivity (Wildman–Crippen MR) is 69.0 cm³/mol. The second kappa shape index (κ2) is 4.70. The number of aryl methyl sites for hydroxylation is 3. The molecule has 0 fully saturated rings. The Morgan fingerprint density at radius 3 is 2.88 bits per heavy atom. The van der Waals surface area contributed by atoms with Crippen LogP contribution in [0.25, 0.3) is 0 Å². The summed E-state index contributed by atoms with van der Waals surface area (Å²) in [6.45, 7) is 5.15. The molecular weight excluding hydrogens is 218 g/mol. The molecule has 0 unspecified atom stereocenters. The Kier molecular flexibility index (Phi) is 3.29. The highest BCUT2D eigenvalue weighted by molar-refractivity contribution is 7.11. The topological polar surface area (TPSA) is 29.9 Å². The Morgan fingerprint density at radius 2 is 2.25 bits per heavy atom. The van der Waals surface area contributed by atoms with Crippen molar-refractivity contribution < 1.29 is 0 Å². The number of thiophene rings is 1. The molecular formula is C12H17N3S. The highest BCUT2D eigenvalue weighted by Gasteiger charge is 2.05. The fourth-order valence-electron chi connectivity index (χ4n) is 1.71. The predicted octanol–water partition coefficient (Wildman–Crippen LogP) is 2.96. The molecule has 2 aromatic heterocycles. The molecule has 0 spiro atoms. The second-order valence-electron chi connectivity index (χ2n) is 3.88. The van der Waals surface area contributed by atoms with Crippen molar-refractivity contribution in [2.45, 2.75) is 26.8 Å². The van der Waals surface area contributed by atoms with E-state index in [1.807, 2.05) is 29.3 Å². The van der Waals surface area contributed by atoms with Crippen molar-refractivity contribution in [2.75, 3.05) is 5.32 Å². The van der Waals surface area contributed by atoms with Gasteiger partial charge < -0.3 is 5.32 Å². The zero-order valence-corrected chi connectivity index (χ0v) is 10.8. The van der Waals surface area contributed by atoms with Crippen molar-refractivity contribution in [3.8, 4) is 0 Å². The number of hydrogen-bond acceptors (Lipinski definition) is 3. The van der Waals surface area contributed by atoms with E-state index >= 15 is 0 Å². The first kappa shape index (κ1) is 11.2. The summed E-state index contributed by atoms with van der Waals surface area (Å²) in [5, 5.41) is 7.85. The molecule has 0 bridgehead atoms. The normalized spacial score (nSPS) is 10.7. The summed E-state index contributed by atoms with van der Waals surface area (Å²) >= 11 is 1.84. The molecule has 0 saturated carbocycles. The van der Waals surface area contributed by atoms with Crippen LogP contribution in [0.1, 0.15) is 22.4 Å². The van der Waals surface area contributed by atoms with Gasteiger partial charge in [0.25, 0.3) is 0 Å². The van der Waals surface area contributed by atoms with E-state index in [-0.39, 0.29) is 0 Å². The number of nitrogens with one attached hydrogen (secondary N) is 1. The van der Waals surface area contributed by atoms with E-state index in [9.17, 15) is 0 Å². The van der Waals surface area contributed by atoms with Crippen LogP contribution in [0.5, 0.6) is 0 Å². The Morgan fingerprint density at radius 1 is 1.44 bits per heavy atom. The fraction of sp³-hybridized carbons (Fsp3) is 0.417. The number of anilines is 1. The van der Waals surface area contributed by atoms with E-state index in [4.69, 9.17) is 0 Å². The molecule has 0 aliphatic heterocycles. The highest BCUT2D eigenvalue weighted by atomic mass is 32.1. The van der Waals surface area contributed by atoms with E-state index < -0.39 is 0 Å². The molecule has 0 aromatic carbocycles. The van der Waals surface area contributed by atoms with E-state index in [0.29, 0.717) is 0 Å². The minimum absolute atomic E-state index is 0.886. The van der Waals surface area contributed by atoms with Gasteiger partial charge >= 0.3 is 0 Å². The Bertz CT molecular complexity index is 470. The van der Waals surface area contributed by atoms with Crippen molar-refractivity contribution in [1.82, 2.24) is 9.78 Å². The van der Waals surface area contributed by atoms with Gasteiger partial charge in [0.2, 0.25) is 0 Å². The Labute approximate surface area is 100 Å². The zero-order chi connectivity index (χ0) is 11.5. The maximum atomic E-state index is 4.40. The summed E-state index contributed by atoms with van der Waals surface area (Å²) in [5.74, 6) is 0. The van der Waals surface area contributed by atoms with Crippen molar-refractivity contribution in [3.63, 3.8) is 0 Å². The minimum atomic E-state index is 0.886. The molecule has 0 amide bonds. The summed E-state index contributed by atoms with van der Waals surface area (Å²) in [6, 6.07) is 4.33. The Hall–Kier alpha value is -1.29. The van der Waals surface area contributed by atoms with E-state index in [0.717, 1.165) is 24.3 Å². The lowest BCUT2D eigenvalue weighted by Gasteiger charge is -2.02. The van der Waals surface area contributed by atoms with Gasteiger partial charge in [0, 0.05) is 29.5 Å². The molecule has 4 heteroatoms. The quantitative estimate of drug-likeness (QED) is 0.883. The third-order valence-electron chi connectivity index (χ3n) is 2.49. The van der Waals surface area contributed by atoms with Crippen LogP contribution in [-0.2, 0) is 20.0 Å². The van der Waals surface area contributed by atoms with Gasteiger partial charge in [-0.1, -0.05) is 6.92 Å². The number of nitrogens with zero attached hydrogens (tertiary/aromatic N) is 2. The minimum Gasteiger partial charge on any atom is -0.377 e. The van der Waals surface area contributed by atoms with Crippen molar-refractivity contribution >= 4 is 17.0 Å². The molecule has 16 heavy (non-hydrogen) atoms.